The van der Waals surface area contributed by atoms with Crippen molar-refractivity contribution in [2.75, 3.05) is 11.9 Å². The van der Waals surface area contributed by atoms with Crippen LogP contribution in [0.4, 0.5) is 10.1 Å². The topological polar surface area (TPSA) is 49.4 Å². The first-order valence-electron chi connectivity index (χ1n) is 8.87. The number of rotatable bonds is 8. The van der Waals surface area contributed by atoms with Crippen molar-refractivity contribution in [1.29, 1.82) is 0 Å². The maximum atomic E-state index is 12.9. The third kappa shape index (κ3) is 5.73. The van der Waals surface area contributed by atoms with Gasteiger partial charge in [0.15, 0.2) is 0 Å². The highest BCUT2D eigenvalue weighted by molar-refractivity contribution is 8.26. The zero-order valence-corrected chi connectivity index (χ0v) is 17.5. The molecule has 4 nitrogen and oxygen atoms in total. The Balaban J connectivity index is 1.38. The number of thioether (sulfide) groups is 1. The standard InChI is InChI=1S/C20H19FN2O2S3/c21-14-7-9-15(10-8-14)22-18(24)6-2-1-3-11-23-19(25)17(28-20(23)26)13-16-5-4-12-27-16/h4-5,7-10,12-13H,1-3,6,11H2,(H,22,24). The average Bonchev–Trinajstić information content (AvgIpc) is 3.27. The van der Waals surface area contributed by atoms with E-state index in [0.29, 0.717) is 34.3 Å². The van der Waals surface area contributed by atoms with Crippen LogP contribution in [0.15, 0.2) is 46.7 Å². The summed E-state index contributed by atoms with van der Waals surface area (Å²) >= 11 is 8.25. The van der Waals surface area contributed by atoms with Crippen LogP contribution in [0.1, 0.15) is 30.6 Å². The lowest BCUT2D eigenvalue weighted by Crippen LogP contribution is -2.29. The molecule has 0 aliphatic carbocycles. The number of thiophene rings is 1. The van der Waals surface area contributed by atoms with E-state index >= 15 is 0 Å². The molecule has 0 atom stereocenters. The number of halogens is 1. The lowest BCUT2D eigenvalue weighted by Gasteiger charge is -2.14. The molecule has 1 aromatic carbocycles. The highest BCUT2D eigenvalue weighted by Gasteiger charge is 2.31. The van der Waals surface area contributed by atoms with Gasteiger partial charge in [0.1, 0.15) is 10.1 Å². The van der Waals surface area contributed by atoms with E-state index < -0.39 is 0 Å². The predicted molar refractivity (Wildman–Crippen MR) is 118 cm³/mol. The minimum absolute atomic E-state index is 0.0440. The van der Waals surface area contributed by atoms with Gasteiger partial charge in [0.2, 0.25) is 5.91 Å². The molecule has 1 fully saturated rings. The molecular weight excluding hydrogens is 415 g/mol. The first kappa shape index (κ1) is 20.7. The molecule has 0 spiro atoms. The first-order valence-corrected chi connectivity index (χ1v) is 11.0. The van der Waals surface area contributed by atoms with Crippen LogP contribution in [0.3, 0.4) is 0 Å². The van der Waals surface area contributed by atoms with Gasteiger partial charge < -0.3 is 5.32 Å². The van der Waals surface area contributed by atoms with Gasteiger partial charge in [0, 0.05) is 23.5 Å². The van der Waals surface area contributed by atoms with Gasteiger partial charge in [-0.05, 0) is 54.6 Å². The summed E-state index contributed by atoms with van der Waals surface area (Å²) in [6.45, 7) is 0.562. The monoisotopic (exact) mass is 434 g/mol. The summed E-state index contributed by atoms with van der Waals surface area (Å²) in [5.74, 6) is -0.479. The van der Waals surface area contributed by atoms with Crippen LogP contribution in [0, 0.1) is 5.82 Å². The molecule has 0 saturated carbocycles. The Kier molecular flexibility index (Phi) is 7.36. The van der Waals surface area contributed by atoms with Crippen LogP contribution in [0.5, 0.6) is 0 Å². The summed E-state index contributed by atoms with van der Waals surface area (Å²) in [6.07, 6.45) is 4.57. The van der Waals surface area contributed by atoms with Crippen molar-refractivity contribution in [3.63, 3.8) is 0 Å². The van der Waals surface area contributed by atoms with E-state index in [4.69, 9.17) is 12.2 Å². The second-order valence-electron chi connectivity index (χ2n) is 6.21. The Labute approximate surface area is 176 Å². The molecule has 1 aliphatic heterocycles. The number of benzene rings is 1. The summed E-state index contributed by atoms with van der Waals surface area (Å²) in [4.78, 5) is 27.7. The van der Waals surface area contributed by atoms with Gasteiger partial charge in [-0.2, -0.15) is 0 Å². The van der Waals surface area contributed by atoms with Crippen LogP contribution in [0.2, 0.25) is 0 Å². The number of hydrogen-bond donors (Lipinski definition) is 1. The lowest BCUT2D eigenvalue weighted by atomic mass is 10.1. The van der Waals surface area contributed by atoms with Crippen LogP contribution >= 0.6 is 35.3 Å². The third-order valence-corrected chi connectivity index (χ3v) is 6.30. The number of anilines is 1. The SMILES string of the molecule is O=C(CCCCCN1C(=O)C(=Cc2cccs2)SC1=S)Nc1ccc(F)cc1. The number of nitrogens with zero attached hydrogens (tertiary/aromatic N) is 1. The molecule has 1 N–H and O–H groups in total. The molecule has 0 radical (unpaired) electrons. The Morgan fingerprint density at radius 3 is 2.68 bits per heavy atom. The second-order valence-corrected chi connectivity index (χ2v) is 8.87. The number of carbonyl (C=O) groups excluding carboxylic acids is 2. The van der Waals surface area contributed by atoms with Gasteiger partial charge >= 0.3 is 0 Å². The van der Waals surface area contributed by atoms with Gasteiger partial charge in [-0.25, -0.2) is 4.39 Å². The minimum atomic E-state index is -0.334. The molecule has 2 aromatic rings. The number of carbonyl (C=O) groups is 2. The van der Waals surface area contributed by atoms with Gasteiger partial charge in [-0.1, -0.05) is 36.5 Å². The van der Waals surface area contributed by atoms with Gasteiger partial charge in [-0.3, -0.25) is 14.5 Å². The third-order valence-electron chi connectivity index (χ3n) is 4.10. The van der Waals surface area contributed by atoms with Crippen LogP contribution in [0.25, 0.3) is 6.08 Å². The molecule has 146 valence electrons. The average molecular weight is 435 g/mol. The summed E-state index contributed by atoms with van der Waals surface area (Å²) < 4.78 is 13.4. The smallest absolute Gasteiger partial charge is 0.266 e. The maximum Gasteiger partial charge on any atom is 0.266 e. The lowest BCUT2D eigenvalue weighted by molar-refractivity contribution is -0.122. The fourth-order valence-electron chi connectivity index (χ4n) is 2.68. The molecule has 0 bridgehead atoms. The molecule has 8 heteroatoms. The summed E-state index contributed by atoms with van der Waals surface area (Å²) in [5.41, 5.74) is 0.585. The molecule has 3 rings (SSSR count). The van der Waals surface area contributed by atoms with E-state index in [1.54, 1.807) is 16.2 Å². The number of amides is 2. The summed E-state index contributed by atoms with van der Waals surface area (Å²) in [6, 6.07) is 9.60. The highest BCUT2D eigenvalue weighted by atomic mass is 32.2. The van der Waals surface area contributed by atoms with E-state index in [1.807, 2.05) is 23.6 Å². The van der Waals surface area contributed by atoms with Crippen molar-refractivity contribution in [1.82, 2.24) is 4.90 Å². The Morgan fingerprint density at radius 2 is 1.96 bits per heavy atom. The summed E-state index contributed by atoms with van der Waals surface area (Å²) in [7, 11) is 0. The van der Waals surface area contributed by atoms with Gasteiger partial charge in [0.25, 0.3) is 5.91 Å². The van der Waals surface area contributed by atoms with Crippen LogP contribution < -0.4 is 5.32 Å². The molecular formula is C20H19FN2O2S3. The fraction of sp³-hybridized carbons (Fsp3) is 0.250. The van der Waals surface area contributed by atoms with E-state index in [1.165, 1.54) is 36.0 Å². The molecule has 2 heterocycles. The molecule has 1 saturated heterocycles. The normalized spacial score (nSPS) is 15.5. The molecule has 28 heavy (non-hydrogen) atoms. The van der Waals surface area contributed by atoms with E-state index in [9.17, 15) is 14.0 Å². The Hall–Kier alpha value is -2.03. The van der Waals surface area contributed by atoms with Crippen LogP contribution in [-0.4, -0.2) is 27.6 Å². The van der Waals surface area contributed by atoms with E-state index in [2.05, 4.69) is 5.32 Å². The number of thiocarbonyl (C=S) groups is 1. The Bertz CT molecular complexity index is 879. The highest BCUT2D eigenvalue weighted by Crippen LogP contribution is 2.33. The van der Waals surface area contributed by atoms with E-state index in [0.717, 1.165) is 17.7 Å². The number of nitrogens with one attached hydrogen (secondary N) is 1. The van der Waals surface area contributed by atoms with E-state index in [-0.39, 0.29) is 17.6 Å². The number of hydrogen-bond acceptors (Lipinski definition) is 5. The molecule has 2 amide bonds. The number of unbranched alkanes of at least 4 members (excludes halogenated alkanes) is 2. The first-order chi connectivity index (χ1) is 13.5. The molecule has 0 unspecified atom stereocenters. The predicted octanol–water partition coefficient (Wildman–Crippen LogP) is 5.29. The van der Waals surface area contributed by atoms with Crippen molar-refractivity contribution in [2.45, 2.75) is 25.7 Å². The van der Waals surface area contributed by atoms with Crippen LogP contribution in [-0.2, 0) is 9.59 Å². The van der Waals surface area contributed by atoms with Crippen molar-refractivity contribution in [2.24, 2.45) is 0 Å². The van der Waals surface area contributed by atoms with Gasteiger partial charge in [0.05, 0.1) is 4.91 Å². The maximum absolute atomic E-state index is 12.9. The van der Waals surface area contributed by atoms with Crippen molar-refractivity contribution < 1.29 is 14.0 Å². The minimum Gasteiger partial charge on any atom is -0.326 e. The molecule has 1 aliphatic rings. The Morgan fingerprint density at radius 1 is 1.18 bits per heavy atom. The zero-order valence-electron chi connectivity index (χ0n) is 15.0. The summed E-state index contributed by atoms with van der Waals surface area (Å²) in [5, 5.41) is 4.71. The van der Waals surface area contributed by atoms with Crippen molar-refractivity contribution in [3.05, 3.63) is 57.4 Å². The van der Waals surface area contributed by atoms with Crippen molar-refractivity contribution in [3.8, 4) is 0 Å². The second kappa shape index (κ2) is 9.95. The zero-order chi connectivity index (χ0) is 19.9. The quantitative estimate of drug-likeness (QED) is 0.349. The van der Waals surface area contributed by atoms with Gasteiger partial charge in [-0.15, -0.1) is 11.3 Å². The largest absolute Gasteiger partial charge is 0.326 e. The fourth-order valence-corrected chi connectivity index (χ4v) is 4.72. The van der Waals surface area contributed by atoms with Crippen molar-refractivity contribution >= 4 is 63.2 Å². The molecule has 1 aromatic heterocycles.